The fraction of sp³-hybridized carbons (Fsp3) is 0.353. The fourth-order valence-electron chi connectivity index (χ4n) is 2.16. The van der Waals surface area contributed by atoms with E-state index in [1.165, 1.54) is 16.7 Å². The summed E-state index contributed by atoms with van der Waals surface area (Å²) in [6.45, 7) is 4.24. The second kappa shape index (κ2) is 9.34. The highest BCUT2D eigenvalue weighted by Crippen LogP contribution is 2.25. The van der Waals surface area contributed by atoms with E-state index in [4.69, 9.17) is 17.0 Å². The van der Waals surface area contributed by atoms with Gasteiger partial charge in [0.25, 0.3) is 0 Å². The predicted octanol–water partition coefficient (Wildman–Crippen LogP) is 2.76. The molecule has 0 aliphatic heterocycles. The Labute approximate surface area is 151 Å². The van der Waals surface area contributed by atoms with Crippen molar-refractivity contribution in [3.05, 3.63) is 52.0 Å². The van der Waals surface area contributed by atoms with E-state index in [0.717, 1.165) is 12.1 Å². The van der Waals surface area contributed by atoms with Crippen molar-refractivity contribution in [1.29, 1.82) is 0 Å². The first-order valence-corrected chi connectivity index (χ1v) is 8.91. The minimum absolute atomic E-state index is 0.0484. The van der Waals surface area contributed by atoms with E-state index in [-0.39, 0.29) is 12.0 Å². The number of thiocarbonyl (C=S) groups is 1. The first-order valence-electron chi connectivity index (χ1n) is 7.68. The van der Waals surface area contributed by atoms with Gasteiger partial charge in [0.1, 0.15) is 6.61 Å². The Morgan fingerprint density at radius 3 is 2.83 bits per heavy atom. The van der Waals surface area contributed by atoms with E-state index in [2.05, 4.69) is 34.7 Å². The summed E-state index contributed by atoms with van der Waals surface area (Å²) >= 11 is 7.10. The first kappa shape index (κ1) is 18.4. The van der Waals surface area contributed by atoms with Crippen LogP contribution in [0.1, 0.15) is 28.4 Å². The number of nitrogens with one attached hydrogen (secondary N) is 2. The third kappa shape index (κ3) is 6.25. The van der Waals surface area contributed by atoms with E-state index in [1.54, 1.807) is 17.5 Å². The van der Waals surface area contributed by atoms with Crippen LogP contribution in [-0.4, -0.2) is 29.2 Å². The minimum Gasteiger partial charge on any atom is -0.464 e. The van der Waals surface area contributed by atoms with E-state index in [9.17, 15) is 4.79 Å². The third-order valence-electron chi connectivity index (χ3n) is 3.24. The van der Waals surface area contributed by atoms with Gasteiger partial charge in [-0.2, -0.15) is 0 Å². The average Bonchev–Trinajstić information content (AvgIpc) is 2.98. The van der Waals surface area contributed by atoms with E-state index in [0.29, 0.717) is 18.3 Å². The van der Waals surface area contributed by atoms with Crippen LogP contribution < -0.4 is 10.6 Å². The summed E-state index contributed by atoms with van der Waals surface area (Å²) < 4.78 is 4.88. The van der Waals surface area contributed by atoms with Gasteiger partial charge in [-0.25, -0.2) is 0 Å². The molecule has 0 bridgehead atoms. The molecule has 0 radical (unpaired) electrons. The maximum atomic E-state index is 10.8. The summed E-state index contributed by atoms with van der Waals surface area (Å²) in [4.78, 5) is 17.6. The van der Waals surface area contributed by atoms with Crippen molar-refractivity contribution in [2.45, 2.75) is 26.3 Å². The highest BCUT2D eigenvalue weighted by molar-refractivity contribution is 7.80. The SMILES string of the molecule is CC(=O)OCCNC(=S)NC(Cc1ccccn1)c1ccc(C)s1. The van der Waals surface area contributed by atoms with Gasteiger partial charge in [-0.3, -0.25) is 9.78 Å². The molecule has 128 valence electrons. The van der Waals surface area contributed by atoms with Crippen molar-refractivity contribution >= 4 is 34.6 Å². The molecule has 2 N–H and O–H groups in total. The number of carbonyl (C=O) groups is 1. The highest BCUT2D eigenvalue weighted by atomic mass is 32.1. The van der Waals surface area contributed by atoms with E-state index >= 15 is 0 Å². The van der Waals surface area contributed by atoms with Crippen LogP contribution in [0.2, 0.25) is 0 Å². The summed E-state index contributed by atoms with van der Waals surface area (Å²) in [7, 11) is 0. The van der Waals surface area contributed by atoms with Crippen molar-refractivity contribution in [3.63, 3.8) is 0 Å². The number of hydrogen-bond acceptors (Lipinski definition) is 5. The quantitative estimate of drug-likeness (QED) is 0.448. The van der Waals surface area contributed by atoms with E-state index < -0.39 is 0 Å². The number of nitrogens with zero attached hydrogens (tertiary/aromatic N) is 1. The molecule has 24 heavy (non-hydrogen) atoms. The average molecular weight is 364 g/mol. The third-order valence-corrected chi connectivity index (χ3v) is 4.62. The van der Waals surface area contributed by atoms with E-state index in [1.807, 2.05) is 18.2 Å². The fourth-order valence-corrected chi connectivity index (χ4v) is 3.33. The number of esters is 1. The molecule has 0 amide bonds. The Kier molecular flexibility index (Phi) is 7.14. The van der Waals surface area contributed by atoms with Gasteiger partial charge in [0.05, 0.1) is 12.6 Å². The number of carbonyl (C=O) groups excluding carboxylic acids is 1. The number of ether oxygens (including phenoxy) is 1. The molecule has 5 nitrogen and oxygen atoms in total. The highest BCUT2D eigenvalue weighted by Gasteiger charge is 2.16. The molecule has 2 aromatic rings. The summed E-state index contributed by atoms with van der Waals surface area (Å²) in [5, 5.41) is 6.93. The van der Waals surface area contributed by atoms with Gasteiger partial charge in [0.2, 0.25) is 0 Å². The number of rotatable bonds is 7. The molecule has 0 aliphatic carbocycles. The topological polar surface area (TPSA) is 63.2 Å². The minimum atomic E-state index is -0.294. The molecule has 0 aromatic carbocycles. The van der Waals surface area contributed by atoms with Crippen LogP contribution >= 0.6 is 23.6 Å². The van der Waals surface area contributed by atoms with Gasteiger partial charge in [0, 0.05) is 35.0 Å². The van der Waals surface area contributed by atoms with Crippen LogP contribution in [0.4, 0.5) is 0 Å². The molecular formula is C17H21N3O2S2. The van der Waals surface area contributed by atoms with Crippen LogP contribution in [0.3, 0.4) is 0 Å². The zero-order chi connectivity index (χ0) is 17.4. The Balaban J connectivity index is 1.95. The van der Waals surface area contributed by atoms with Gasteiger partial charge in [-0.05, 0) is 43.4 Å². The Morgan fingerprint density at radius 1 is 1.38 bits per heavy atom. The number of thiophene rings is 1. The molecule has 0 aliphatic rings. The largest absolute Gasteiger partial charge is 0.464 e. The molecule has 2 rings (SSSR count). The number of aromatic nitrogens is 1. The van der Waals surface area contributed by atoms with Crippen molar-refractivity contribution in [1.82, 2.24) is 15.6 Å². The molecular weight excluding hydrogens is 342 g/mol. The molecule has 2 heterocycles. The van der Waals surface area contributed by atoms with Crippen molar-refractivity contribution in [2.75, 3.05) is 13.2 Å². The molecule has 1 unspecified atom stereocenters. The lowest BCUT2D eigenvalue weighted by atomic mass is 10.1. The molecule has 0 fully saturated rings. The molecule has 0 saturated carbocycles. The summed E-state index contributed by atoms with van der Waals surface area (Å²) in [5.41, 5.74) is 1.00. The van der Waals surface area contributed by atoms with Gasteiger partial charge in [-0.15, -0.1) is 11.3 Å². The lowest BCUT2D eigenvalue weighted by Gasteiger charge is -2.20. The smallest absolute Gasteiger partial charge is 0.302 e. The number of aryl methyl sites for hydroxylation is 1. The van der Waals surface area contributed by atoms with Crippen molar-refractivity contribution in [2.24, 2.45) is 0 Å². The number of hydrogen-bond donors (Lipinski definition) is 2. The summed E-state index contributed by atoms with van der Waals surface area (Å²) in [6.07, 6.45) is 2.54. The lowest BCUT2D eigenvalue weighted by Crippen LogP contribution is -2.39. The Hall–Kier alpha value is -1.99. The Bertz CT molecular complexity index is 673. The van der Waals surface area contributed by atoms with Crippen LogP contribution in [0.15, 0.2) is 36.5 Å². The first-order chi connectivity index (χ1) is 11.5. The van der Waals surface area contributed by atoms with Crippen molar-refractivity contribution in [3.8, 4) is 0 Å². The zero-order valence-electron chi connectivity index (χ0n) is 13.7. The molecule has 2 aromatic heterocycles. The maximum Gasteiger partial charge on any atom is 0.302 e. The maximum absolute atomic E-state index is 10.8. The monoisotopic (exact) mass is 363 g/mol. The van der Waals surface area contributed by atoms with Gasteiger partial charge >= 0.3 is 5.97 Å². The van der Waals surface area contributed by atoms with Crippen LogP contribution in [0.25, 0.3) is 0 Å². The van der Waals surface area contributed by atoms with Crippen LogP contribution in [0.5, 0.6) is 0 Å². The molecule has 1 atom stereocenters. The second-order valence-electron chi connectivity index (χ2n) is 5.27. The molecule has 7 heteroatoms. The van der Waals surface area contributed by atoms with Crippen molar-refractivity contribution < 1.29 is 9.53 Å². The van der Waals surface area contributed by atoms with Gasteiger partial charge in [0.15, 0.2) is 5.11 Å². The lowest BCUT2D eigenvalue weighted by molar-refractivity contribution is -0.140. The summed E-state index contributed by atoms with van der Waals surface area (Å²) in [5.74, 6) is -0.294. The Morgan fingerprint density at radius 2 is 2.21 bits per heavy atom. The standard InChI is InChI=1S/C17H21N3O2S2/c1-12-6-7-16(24-12)15(11-14-5-3-4-8-18-14)20-17(23)19-9-10-22-13(2)21/h3-8,15H,9-11H2,1-2H3,(H2,19,20,23). The second-order valence-corrected chi connectivity index (χ2v) is 6.99. The van der Waals surface area contributed by atoms with Crippen LogP contribution in [-0.2, 0) is 16.0 Å². The predicted molar refractivity (Wildman–Crippen MR) is 100 cm³/mol. The molecule has 0 saturated heterocycles. The zero-order valence-corrected chi connectivity index (χ0v) is 15.4. The van der Waals surface area contributed by atoms with Gasteiger partial charge < -0.3 is 15.4 Å². The van der Waals surface area contributed by atoms with Crippen LogP contribution in [0, 0.1) is 6.92 Å². The number of pyridine rings is 1. The summed E-state index contributed by atoms with van der Waals surface area (Å²) in [6, 6.07) is 10.2. The molecule has 0 spiro atoms. The normalized spacial score (nSPS) is 11.6. The van der Waals surface area contributed by atoms with Gasteiger partial charge in [-0.1, -0.05) is 6.07 Å².